The molecule has 3 rings (SSSR count). The zero-order valence-corrected chi connectivity index (χ0v) is 14.3. The summed E-state index contributed by atoms with van der Waals surface area (Å²) in [5.74, 6) is -0.0661. The predicted molar refractivity (Wildman–Crippen MR) is 91.6 cm³/mol. The number of carbonyl (C=O) groups excluding carboxylic acids is 1. The highest BCUT2D eigenvalue weighted by Gasteiger charge is 2.28. The number of halogens is 1. The van der Waals surface area contributed by atoms with Crippen molar-refractivity contribution in [2.75, 3.05) is 13.2 Å². The fourth-order valence-corrected chi connectivity index (χ4v) is 3.11. The van der Waals surface area contributed by atoms with Crippen molar-refractivity contribution in [2.24, 2.45) is 0 Å². The van der Waals surface area contributed by atoms with E-state index >= 15 is 0 Å². The molecule has 1 aliphatic rings. The van der Waals surface area contributed by atoms with E-state index in [2.05, 4.69) is 20.8 Å². The third-order valence-corrected chi connectivity index (χ3v) is 4.47. The fourth-order valence-electron chi connectivity index (χ4n) is 2.32. The Hall–Kier alpha value is -1.54. The van der Waals surface area contributed by atoms with E-state index in [0.717, 1.165) is 15.6 Å². The summed E-state index contributed by atoms with van der Waals surface area (Å²) in [6.07, 6.45) is -0.122. The standard InChI is InChI=1S/C15H18N4O2S.ClH/c1-10-13(16-7-8-21-10)14(20)17-9-12-18-19-15(22-12)11-5-3-2-4-6-11;/h2-6,10,13,16H,7-9H2,1H3,(H,17,20);1H/t10-,13+;/m1./s1. The molecule has 8 heteroatoms. The SMILES string of the molecule is C[C@H]1OCCN[C@@H]1C(=O)NCc1nnc(-c2ccccc2)s1.Cl. The summed E-state index contributed by atoms with van der Waals surface area (Å²) >= 11 is 1.49. The lowest BCUT2D eigenvalue weighted by Gasteiger charge is -2.29. The van der Waals surface area contributed by atoms with Gasteiger partial charge in [-0.2, -0.15) is 0 Å². The van der Waals surface area contributed by atoms with Gasteiger partial charge >= 0.3 is 0 Å². The van der Waals surface area contributed by atoms with Crippen LogP contribution in [-0.4, -0.2) is 41.4 Å². The van der Waals surface area contributed by atoms with Crippen molar-refractivity contribution < 1.29 is 9.53 Å². The second-order valence-corrected chi connectivity index (χ2v) is 6.15. The number of ether oxygens (including phenoxy) is 1. The Morgan fingerprint density at radius 3 is 2.91 bits per heavy atom. The topological polar surface area (TPSA) is 76.1 Å². The minimum absolute atomic E-state index is 0. The van der Waals surface area contributed by atoms with Crippen molar-refractivity contribution in [1.82, 2.24) is 20.8 Å². The lowest BCUT2D eigenvalue weighted by molar-refractivity contribution is -0.129. The van der Waals surface area contributed by atoms with Crippen LogP contribution in [0.3, 0.4) is 0 Å². The summed E-state index contributed by atoms with van der Waals surface area (Å²) in [4.78, 5) is 12.2. The summed E-state index contributed by atoms with van der Waals surface area (Å²) < 4.78 is 5.48. The average Bonchev–Trinajstić information content (AvgIpc) is 3.03. The van der Waals surface area contributed by atoms with Crippen LogP contribution in [-0.2, 0) is 16.1 Å². The molecule has 124 valence electrons. The van der Waals surface area contributed by atoms with Crippen molar-refractivity contribution in [2.45, 2.75) is 25.6 Å². The van der Waals surface area contributed by atoms with Crippen LogP contribution in [0.25, 0.3) is 10.6 Å². The average molecular weight is 355 g/mol. The first kappa shape index (κ1) is 17.8. The summed E-state index contributed by atoms with van der Waals surface area (Å²) in [6, 6.07) is 9.58. The van der Waals surface area contributed by atoms with Crippen LogP contribution in [0.1, 0.15) is 11.9 Å². The van der Waals surface area contributed by atoms with Crippen molar-refractivity contribution >= 4 is 29.7 Å². The molecule has 23 heavy (non-hydrogen) atoms. The van der Waals surface area contributed by atoms with Gasteiger partial charge in [-0.15, -0.1) is 22.6 Å². The Morgan fingerprint density at radius 1 is 1.39 bits per heavy atom. The number of benzene rings is 1. The monoisotopic (exact) mass is 354 g/mol. The van der Waals surface area contributed by atoms with Gasteiger partial charge in [-0.3, -0.25) is 4.79 Å². The number of hydrogen-bond acceptors (Lipinski definition) is 6. The molecule has 1 aliphatic heterocycles. The molecule has 2 N–H and O–H groups in total. The summed E-state index contributed by atoms with van der Waals surface area (Å²) in [5.41, 5.74) is 1.04. The molecule has 2 heterocycles. The molecule has 0 saturated carbocycles. The van der Waals surface area contributed by atoms with Gasteiger partial charge in [0.25, 0.3) is 0 Å². The molecule has 0 aliphatic carbocycles. The van der Waals surface area contributed by atoms with Crippen molar-refractivity contribution in [1.29, 1.82) is 0 Å². The maximum Gasteiger partial charge on any atom is 0.240 e. The molecule has 0 spiro atoms. The lowest BCUT2D eigenvalue weighted by atomic mass is 10.1. The zero-order chi connectivity index (χ0) is 15.4. The molecule has 1 aromatic carbocycles. The first-order valence-corrected chi connectivity index (χ1v) is 8.06. The molecule has 0 radical (unpaired) electrons. The zero-order valence-electron chi connectivity index (χ0n) is 12.7. The maximum absolute atomic E-state index is 12.2. The van der Waals surface area contributed by atoms with Gasteiger partial charge in [-0.25, -0.2) is 0 Å². The van der Waals surface area contributed by atoms with E-state index in [9.17, 15) is 4.79 Å². The van der Waals surface area contributed by atoms with Gasteiger partial charge in [0.2, 0.25) is 5.91 Å². The number of aromatic nitrogens is 2. The Labute approximate surface area is 145 Å². The van der Waals surface area contributed by atoms with Gasteiger partial charge in [-0.05, 0) is 6.92 Å². The van der Waals surface area contributed by atoms with E-state index in [1.807, 2.05) is 37.3 Å². The summed E-state index contributed by atoms with van der Waals surface area (Å²) in [5, 5.41) is 16.0. The summed E-state index contributed by atoms with van der Waals surface area (Å²) in [6.45, 7) is 3.62. The van der Waals surface area contributed by atoms with E-state index in [1.54, 1.807) is 0 Å². The van der Waals surface area contributed by atoms with Crippen LogP contribution in [0, 0.1) is 0 Å². The summed E-state index contributed by atoms with van der Waals surface area (Å²) in [7, 11) is 0. The molecule has 0 bridgehead atoms. The first-order chi connectivity index (χ1) is 10.7. The van der Waals surface area contributed by atoms with Crippen LogP contribution < -0.4 is 10.6 Å². The number of morpholine rings is 1. The fraction of sp³-hybridized carbons (Fsp3) is 0.400. The second kappa shape index (κ2) is 8.35. The molecule has 1 fully saturated rings. The van der Waals surface area contributed by atoms with E-state index < -0.39 is 0 Å². The molecule has 6 nitrogen and oxygen atoms in total. The molecule has 1 aromatic heterocycles. The third-order valence-electron chi connectivity index (χ3n) is 3.50. The number of hydrogen-bond donors (Lipinski definition) is 2. The molecule has 0 unspecified atom stereocenters. The molecular formula is C15H19ClN4O2S. The first-order valence-electron chi connectivity index (χ1n) is 7.24. The van der Waals surface area contributed by atoms with E-state index in [1.165, 1.54) is 11.3 Å². The highest BCUT2D eigenvalue weighted by Crippen LogP contribution is 2.22. The smallest absolute Gasteiger partial charge is 0.240 e. The van der Waals surface area contributed by atoms with Crippen LogP contribution >= 0.6 is 23.7 Å². The van der Waals surface area contributed by atoms with E-state index in [-0.39, 0.29) is 30.5 Å². The molecule has 2 aromatic rings. The Kier molecular flexibility index (Phi) is 6.47. The molecule has 1 saturated heterocycles. The highest BCUT2D eigenvalue weighted by atomic mass is 35.5. The van der Waals surface area contributed by atoms with Gasteiger partial charge in [0.15, 0.2) is 0 Å². The maximum atomic E-state index is 12.2. The number of nitrogens with zero attached hydrogens (tertiary/aromatic N) is 2. The second-order valence-electron chi connectivity index (χ2n) is 5.09. The quantitative estimate of drug-likeness (QED) is 0.872. The lowest BCUT2D eigenvalue weighted by Crippen LogP contribution is -2.55. The predicted octanol–water partition coefficient (Wildman–Crippen LogP) is 1.62. The number of amides is 1. The molecule has 2 atom stereocenters. The van der Waals surface area contributed by atoms with Crippen molar-refractivity contribution in [3.8, 4) is 10.6 Å². The Bertz CT molecular complexity index is 637. The minimum Gasteiger partial charge on any atom is -0.375 e. The van der Waals surface area contributed by atoms with Crippen molar-refractivity contribution in [3.63, 3.8) is 0 Å². The van der Waals surface area contributed by atoms with Crippen LogP contribution in [0.15, 0.2) is 30.3 Å². The minimum atomic E-state index is -0.310. The Balaban J connectivity index is 0.00000192. The van der Waals surface area contributed by atoms with Gasteiger partial charge in [-0.1, -0.05) is 41.7 Å². The van der Waals surface area contributed by atoms with E-state index in [0.29, 0.717) is 19.7 Å². The third kappa shape index (κ3) is 4.48. The highest BCUT2D eigenvalue weighted by molar-refractivity contribution is 7.14. The van der Waals surface area contributed by atoms with Crippen molar-refractivity contribution in [3.05, 3.63) is 35.3 Å². The normalized spacial score (nSPS) is 20.6. The number of nitrogens with one attached hydrogen (secondary N) is 2. The number of rotatable bonds is 4. The van der Waals surface area contributed by atoms with Gasteiger partial charge in [0.05, 0.1) is 19.3 Å². The number of carbonyl (C=O) groups is 1. The van der Waals surface area contributed by atoms with Gasteiger partial charge in [0.1, 0.15) is 16.1 Å². The van der Waals surface area contributed by atoms with Crippen LogP contribution in [0.4, 0.5) is 0 Å². The van der Waals surface area contributed by atoms with Crippen LogP contribution in [0.2, 0.25) is 0 Å². The van der Waals surface area contributed by atoms with E-state index in [4.69, 9.17) is 4.74 Å². The van der Waals surface area contributed by atoms with Crippen LogP contribution in [0.5, 0.6) is 0 Å². The molecule has 1 amide bonds. The molecular weight excluding hydrogens is 336 g/mol. The largest absolute Gasteiger partial charge is 0.375 e. The van der Waals surface area contributed by atoms with Gasteiger partial charge < -0.3 is 15.4 Å². The van der Waals surface area contributed by atoms with Gasteiger partial charge in [0, 0.05) is 12.1 Å². The Morgan fingerprint density at radius 2 is 2.17 bits per heavy atom.